The van der Waals surface area contributed by atoms with Crippen molar-refractivity contribution in [1.82, 2.24) is 26.6 Å². The average Bonchev–Trinajstić information content (AvgIpc) is 0.858. The van der Waals surface area contributed by atoms with Gasteiger partial charge >= 0.3 is 11.9 Å². The van der Waals surface area contributed by atoms with Gasteiger partial charge in [0, 0.05) is 93.7 Å². The molecule has 32 heteroatoms. The Morgan fingerprint density at radius 3 is 1.30 bits per heavy atom. The molecule has 0 aliphatic rings. The van der Waals surface area contributed by atoms with Gasteiger partial charge in [-0.2, -0.15) is 0 Å². The number of ketones is 5. The minimum Gasteiger partial charge on any atom is -0.481 e. The van der Waals surface area contributed by atoms with Crippen molar-refractivity contribution in [1.29, 1.82) is 0 Å². The number of aliphatic carboxylic acids is 2. The third kappa shape index (κ3) is 35.4. The number of nitrogens with one attached hydrogen (secondary N) is 5. The number of amides is 6. The number of carbonyl (C=O) groups excluding carboxylic acids is 11. The number of carbonyl (C=O) groups is 13. The zero-order chi connectivity index (χ0) is 74.9. The van der Waals surface area contributed by atoms with E-state index in [-0.39, 0.29) is 101 Å². The van der Waals surface area contributed by atoms with Crippen LogP contribution in [-0.2, 0) is 68.7 Å². The molecule has 13 atom stereocenters. The number of primary amides is 1. The van der Waals surface area contributed by atoms with E-state index >= 15 is 0 Å². The Labute approximate surface area is 579 Å². The van der Waals surface area contributed by atoms with E-state index < -0.39 is 193 Å². The molecule has 99 heavy (non-hydrogen) atoms. The molecular formula is C67H112N16O16. The molecule has 0 saturated carbocycles. The number of aliphatic hydroxyl groups excluding tert-OH is 1. The van der Waals surface area contributed by atoms with Crippen molar-refractivity contribution in [3.05, 3.63) is 35.9 Å². The van der Waals surface area contributed by atoms with Crippen molar-refractivity contribution >= 4 is 94.2 Å². The third-order valence-corrected chi connectivity index (χ3v) is 17.6. The second-order valence-corrected chi connectivity index (χ2v) is 25.5. The van der Waals surface area contributed by atoms with Gasteiger partial charge in [-0.25, -0.2) is 0 Å². The largest absolute Gasteiger partial charge is 0.481 e. The summed E-state index contributed by atoms with van der Waals surface area (Å²) in [5.74, 6) is -18.7. The predicted octanol–water partition coefficient (Wildman–Crippen LogP) is -0.225. The van der Waals surface area contributed by atoms with E-state index in [0.29, 0.717) is 50.5 Å². The van der Waals surface area contributed by atoms with Crippen LogP contribution in [0.25, 0.3) is 0 Å². The fourth-order valence-corrected chi connectivity index (χ4v) is 11.1. The first kappa shape index (κ1) is 88.1. The number of carboxylic acids is 2. The predicted molar refractivity (Wildman–Crippen MR) is 372 cm³/mol. The molecule has 0 bridgehead atoms. The second kappa shape index (κ2) is 47.9. The van der Waals surface area contributed by atoms with Crippen LogP contribution >= 0.6 is 0 Å². The highest BCUT2D eigenvalue weighted by atomic mass is 16.4. The summed E-state index contributed by atoms with van der Waals surface area (Å²) in [4.78, 5) is 190. The number of rotatable bonds is 55. The van der Waals surface area contributed by atoms with Crippen molar-refractivity contribution in [3.8, 4) is 0 Å². The molecule has 0 saturated heterocycles. The smallest absolute Gasteiger partial charge is 0.305 e. The van der Waals surface area contributed by atoms with Gasteiger partial charge in [0.25, 0.3) is 0 Å². The lowest BCUT2D eigenvalue weighted by Crippen LogP contribution is -2.50. The number of hydrogen-bond donors (Lipinski definition) is 16. The lowest BCUT2D eigenvalue weighted by molar-refractivity contribution is -0.141. The summed E-state index contributed by atoms with van der Waals surface area (Å²) >= 11 is 0. The van der Waals surface area contributed by atoms with E-state index in [4.69, 9.17) is 45.9 Å². The molecule has 0 aliphatic heterocycles. The zero-order valence-corrected chi connectivity index (χ0v) is 58.4. The zero-order valence-electron chi connectivity index (χ0n) is 58.4. The summed E-state index contributed by atoms with van der Waals surface area (Å²) in [7, 11) is 0. The first-order valence-electron chi connectivity index (χ1n) is 34.1. The van der Waals surface area contributed by atoms with Gasteiger partial charge in [-0.1, -0.05) is 91.1 Å². The molecular weight excluding hydrogens is 1280 g/mol. The lowest BCUT2D eigenvalue weighted by Gasteiger charge is -2.28. The summed E-state index contributed by atoms with van der Waals surface area (Å²) in [6.07, 6.45) is -1.48. The monoisotopic (exact) mass is 1400 g/mol. The summed E-state index contributed by atoms with van der Waals surface area (Å²) in [5.41, 5.74) is 45.3. The van der Waals surface area contributed by atoms with Crippen LogP contribution in [0.15, 0.2) is 45.3 Å². The van der Waals surface area contributed by atoms with Crippen molar-refractivity contribution in [2.75, 3.05) is 32.8 Å². The number of carboxylic acid groups (broad SMARTS) is 2. The van der Waals surface area contributed by atoms with Gasteiger partial charge in [0.2, 0.25) is 35.4 Å². The topological polar surface area (TPSA) is 588 Å². The molecule has 1 rings (SSSR count). The number of unbranched alkanes of at least 4 members (excludes halogenated alkanes) is 1. The highest BCUT2D eigenvalue weighted by molar-refractivity contribution is 5.99. The normalized spacial score (nSPS) is 15.1. The molecule has 1 aromatic carbocycles. The fraction of sp³-hybridized carbons (Fsp3) is 0.672. The van der Waals surface area contributed by atoms with Crippen LogP contribution in [0.5, 0.6) is 0 Å². The van der Waals surface area contributed by atoms with Crippen molar-refractivity contribution in [2.45, 2.75) is 207 Å². The van der Waals surface area contributed by atoms with Gasteiger partial charge in [0.15, 0.2) is 46.8 Å². The fourth-order valence-electron chi connectivity index (χ4n) is 11.1. The van der Waals surface area contributed by atoms with Crippen LogP contribution in [0, 0.1) is 47.3 Å². The van der Waals surface area contributed by atoms with Crippen LogP contribution in [0.3, 0.4) is 0 Å². The molecule has 1 aromatic rings. The molecule has 0 unspecified atom stereocenters. The Morgan fingerprint density at radius 1 is 0.424 bits per heavy atom. The van der Waals surface area contributed by atoms with Crippen LogP contribution in [0.4, 0.5) is 0 Å². The Hall–Kier alpha value is -8.94. The van der Waals surface area contributed by atoms with E-state index in [0.717, 1.165) is 0 Å². The minimum atomic E-state index is -1.72. The number of nitrogens with zero attached hydrogens (tertiary/aromatic N) is 3. The van der Waals surface area contributed by atoms with Gasteiger partial charge in [-0.05, 0) is 94.6 Å². The van der Waals surface area contributed by atoms with E-state index in [2.05, 4.69) is 41.6 Å². The number of nitrogens with two attached hydrogens (primary N) is 8. The van der Waals surface area contributed by atoms with Crippen LogP contribution in [-0.4, -0.2) is 172 Å². The van der Waals surface area contributed by atoms with Gasteiger partial charge in [-0.15, -0.1) is 0 Å². The number of Topliss-reactive ketones (excluding diaryl/α,β-unsaturated/α-hetero) is 5. The summed E-state index contributed by atoms with van der Waals surface area (Å²) < 4.78 is 0. The van der Waals surface area contributed by atoms with Gasteiger partial charge in [0.05, 0.1) is 37.2 Å². The molecule has 0 heterocycles. The average molecular weight is 1400 g/mol. The number of benzene rings is 1. The lowest BCUT2D eigenvalue weighted by atomic mass is 9.83. The summed E-state index contributed by atoms with van der Waals surface area (Å²) in [6, 6.07) is 1.52. The molecule has 6 amide bonds. The maximum absolute atomic E-state index is 14.6. The van der Waals surface area contributed by atoms with Crippen LogP contribution in [0.1, 0.15) is 176 Å². The van der Waals surface area contributed by atoms with Crippen LogP contribution < -0.4 is 72.5 Å². The highest BCUT2D eigenvalue weighted by Gasteiger charge is 2.38. The molecule has 32 nitrogen and oxygen atoms in total. The van der Waals surface area contributed by atoms with E-state index in [1.807, 2.05) is 6.92 Å². The standard InChI is InChI=1S/C67H112N16O16/c1-7-38(4)45(59(69)94)34-55(88)49(31-41-18-11-10-12-19-41)82-64(99)46(39(5)8-2)35-56(89)50(36-58(92)93)81-60(95)40(6)30-52(85)51(37-84)83-63(98)44(22-16-28-77-66(72)73)33-53(86)47(23-17-29-78-67(74)75)79-62(97)43(20-13-14-26-68)32-54(87)48(24-25-57(90)91)80-61(96)42(9-3)21-15-27-76-65(70)71/h10-12,18-19,38-40,42-51,84H,7-9,13-17,20-37,68H2,1-6H3,(H2,69,94)(H,79,97)(H,80,96)(H,81,95)(H,82,99)(H,83,98)(H,90,91)(H,92,93)(H4,70,71,76)(H4,72,73,77)(H4,74,75,78)/t38-,39-,40+,42-,43+,44+,45-,46-,47-,48-,49-,50-,51-/m0/s1. The molecule has 0 aromatic heterocycles. The number of guanidine groups is 3. The number of aliphatic hydroxyl groups is 1. The van der Waals surface area contributed by atoms with Gasteiger partial charge in [0.1, 0.15) is 6.04 Å². The van der Waals surface area contributed by atoms with Gasteiger partial charge < -0.3 is 87.8 Å². The molecule has 0 radical (unpaired) electrons. The molecule has 0 fully saturated rings. The van der Waals surface area contributed by atoms with Crippen LogP contribution in [0.2, 0.25) is 0 Å². The molecule has 0 spiro atoms. The SMILES string of the molecule is CC[C@@H](CCCN=C(N)N)C(=O)N[C@@H](CCC(=O)O)C(=O)C[C@@H](CCCCN)C(=O)N[C@@H](CCCN=C(N)N)C(=O)C[C@@H](CCCN=C(N)N)C(=O)N[C@@H](CO)C(=O)C[C@@H](C)C(=O)N[C@@H](CC(=O)O)C(=O)C[C@H](C(=O)N[C@@H](Cc1ccccc1)C(=O)C[C@H](C(N)=O)[C@@H](C)CC)[C@@H](C)CC. The third-order valence-electron chi connectivity index (χ3n) is 17.6. The Kier molecular flexibility index (Phi) is 42.6. The Morgan fingerprint density at radius 2 is 0.838 bits per heavy atom. The molecule has 0 aliphatic carbocycles. The maximum Gasteiger partial charge on any atom is 0.305 e. The Balaban J connectivity index is 3.59. The number of aliphatic imine (C=N–C) groups is 3. The minimum absolute atomic E-state index is 0.00625. The highest BCUT2D eigenvalue weighted by Crippen LogP contribution is 2.26. The first-order chi connectivity index (χ1) is 46.7. The molecule has 556 valence electrons. The van der Waals surface area contributed by atoms with Crippen molar-refractivity contribution in [2.24, 2.45) is 108 Å². The number of hydrogen-bond acceptors (Lipinski definition) is 18. The second-order valence-electron chi connectivity index (χ2n) is 25.5. The van der Waals surface area contributed by atoms with E-state index in [1.165, 1.54) is 6.92 Å². The summed E-state index contributed by atoms with van der Waals surface area (Å²) in [5, 5.41) is 43.2. The van der Waals surface area contributed by atoms with E-state index in [9.17, 15) is 77.6 Å². The van der Waals surface area contributed by atoms with Crippen molar-refractivity contribution in [3.63, 3.8) is 0 Å². The molecule has 24 N–H and O–H groups in total. The first-order valence-corrected chi connectivity index (χ1v) is 34.1. The summed E-state index contributed by atoms with van der Waals surface area (Å²) in [6.45, 7) is 9.55. The van der Waals surface area contributed by atoms with E-state index in [1.54, 1.807) is 58.0 Å². The Bertz CT molecular complexity index is 2900. The van der Waals surface area contributed by atoms with Gasteiger partial charge in [-0.3, -0.25) is 77.3 Å². The maximum atomic E-state index is 14.6. The van der Waals surface area contributed by atoms with Crippen molar-refractivity contribution < 1.29 is 77.6 Å². The quantitative estimate of drug-likeness (QED) is 0.0228.